The van der Waals surface area contributed by atoms with Gasteiger partial charge in [-0.3, -0.25) is 9.59 Å². The maximum atomic E-state index is 12.9. The van der Waals surface area contributed by atoms with E-state index in [-0.39, 0.29) is 5.91 Å². The summed E-state index contributed by atoms with van der Waals surface area (Å²) < 4.78 is 4.90. The van der Waals surface area contributed by atoms with Crippen molar-refractivity contribution in [3.63, 3.8) is 0 Å². The Labute approximate surface area is 171 Å². The number of carbonyl (C=O) groups excluding carboxylic acids is 3. The van der Waals surface area contributed by atoms with Crippen molar-refractivity contribution in [1.82, 2.24) is 10.6 Å². The summed E-state index contributed by atoms with van der Waals surface area (Å²) in [4.78, 5) is 36.9. The van der Waals surface area contributed by atoms with E-state index in [1.54, 1.807) is 0 Å². The van der Waals surface area contributed by atoms with Crippen LogP contribution in [0.3, 0.4) is 0 Å². The number of nitrogens with one attached hydrogen (secondary N) is 2. The van der Waals surface area contributed by atoms with Crippen molar-refractivity contribution in [2.45, 2.75) is 45.7 Å². The normalized spacial score (nSPS) is 12.6. The highest BCUT2D eigenvalue weighted by Crippen LogP contribution is 2.16. The molecule has 0 aromatic heterocycles. The highest BCUT2D eigenvalue weighted by Gasteiger charge is 2.28. The SMILES string of the molecule is COC(=O)[C@@H](Cc1c(C)cccc1C)NC(=O)[C@H](Cc1ccccc1)NC(C)=O. The molecule has 6 nitrogen and oxygen atoms in total. The third kappa shape index (κ3) is 6.45. The van der Waals surface area contributed by atoms with Gasteiger partial charge < -0.3 is 15.4 Å². The summed E-state index contributed by atoms with van der Waals surface area (Å²) >= 11 is 0. The Morgan fingerprint density at radius 2 is 1.48 bits per heavy atom. The molecule has 2 amide bonds. The van der Waals surface area contributed by atoms with Crippen LogP contribution < -0.4 is 10.6 Å². The monoisotopic (exact) mass is 396 g/mol. The molecular weight excluding hydrogens is 368 g/mol. The second kappa shape index (κ2) is 10.4. The molecule has 2 rings (SSSR count). The van der Waals surface area contributed by atoms with Gasteiger partial charge in [-0.25, -0.2) is 4.79 Å². The molecular formula is C23H28N2O4. The molecule has 29 heavy (non-hydrogen) atoms. The van der Waals surface area contributed by atoms with Crippen LogP contribution in [0.1, 0.15) is 29.2 Å². The lowest BCUT2D eigenvalue weighted by Crippen LogP contribution is -2.53. The zero-order chi connectivity index (χ0) is 21.4. The molecule has 154 valence electrons. The van der Waals surface area contributed by atoms with Crippen molar-refractivity contribution < 1.29 is 19.1 Å². The van der Waals surface area contributed by atoms with E-state index in [4.69, 9.17) is 4.74 Å². The predicted octanol–water partition coefficient (Wildman–Crippen LogP) is 2.25. The lowest BCUT2D eigenvalue weighted by molar-refractivity contribution is -0.145. The Bertz CT molecular complexity index is 844. The molecule has 0 saturated carbocycles. The number of hydrogen-bond acceptors (Lipinski definition) is 4. The van der Waals surface area contributed by atoms with E-state index in [0.717, 1.165) is 22.3 Å². The largest absolute Gasteiger partial charge is 0.467 e. The number of methoxy groups -OCH3 is 1. The van der Waals surface area contributed by atoms with E-state index in [0.29, 0.717) is 12.8 Å². The predicted molar refractivity (Wildman–Crippen MR) is 111 cm³/mol. The van der Waals surface area contributed by atoms with E-state index in [1.807, 2.05) is 62.4 Å². The van der Waals surface area contributed by atoms with Gasteiger partial charge in [-0.2, -0.15) is 0 Å². The summed E-state index contributed by atoms with van der Waals surface area (Å²) in [6.45, 7) is 5.29. The quantitative estimate of drug-likeness (QED) is 0.671. The first kappa shape index (κ1) is 22.1. The Kier molecular flexibility index (Phi) is 7.95. The molecule has 0 heterocycles. The van der Waals surface area contributed by atoms with Crippen molar-refractivity contribution in [3.8, 4) is 0 Å². The fraction of sp³-hybridized carbons (Fsp3) is 0.348. The molecule has 2 N–H and O–H groups in total. The van der Waals surface area contributed by atoms with E-state index in [1.165, 1.54) is 14.0 Å². The van der Waals surface area contributed by atoms with Crippen LogP contribution in [0.5, 0.6) is 0 Å². The fourth-order valence-corrected chi connectivity index (χ4v) is 3.29. The first-order valence-electron chi connectivity index (χ1n) is 9.56. The number of rotatable bonds is 8. The molecule has 0 spiro atoms. The van der Waals surface area contributed by atoms with Crippen LogP contribution in [-0.2, 0) is 32.0 Å². The Balaban J connectivity index is 2.21. The molecule has 0 unspecified atom stereocenters. The van der Waals surface area contributed by atoms with Gasteiger partial charge in [0, 0.05) is 19.8 Å². The summed E-state index contributed by atoms with van der Waals surface area (Å²) in [5.41, 5.74) is 3.97. The topological polar surface area (TPSA) is 84.5 Å². The van der Waals surface area contributed by atoms with E-state index < -0.39 is 24.0 Å². The number of amides is 2. The average molecular weight is 396 g/mol. The van der Waals surface area contributed by atoms with Gasteiger partial charge in [-0.1, -0.05) is 48.5 Å². The Hall–Kier alpha value is -3.15. The highest BCUT2D eigenvalue weighted by molar-refractivity contribution is 5.90. The fourth-order valence-electron chi connectivity index (χ4n) is 3.29. The van der Waals surface area contributed by atoms with E-state index in [9.17, 15) is 14.4 Å². The molecule has 0 aliphatic heterocycles. The molecule has 0 bridgehead atoms. The number of esters is 1. The van der Waals surface area contributed by atoms with Crippen molar-refractivity contribution in [3.05, 3.63) is 70.8 Å². The molecule has 0 aliphatic rings. The van der Waals surface area contributed by atoms with Crippen LogP contribution in [0.4, 0.5) is 0 Å². The van der Waals surface area contributed by atoms with Crippen molar-refractivity contribution in [2.24, 2.45) is 0 Å². The number of aryl methyl sites for hydroxylation is 2. The maximum Gasteiger partial charge on any atom is 0.328 e. The second-order valence-electron chi connectivity index (χ2n) is 7.10. The van der Waals surface area contributed by atoms with Crippen LogP contribution in [-0.4, -0.2) is 37.0 Å². The lowest BCUT2D eigenvalue weighted by Gasteiger charge is -2.23. The summed E-state index contributed by atoms with van der Waals surface area (Å²) in [5, 5.41) is 5.44. The molecule has 0 saturated heterocycles. The van der Waals surface area contributed by atoms with Crippen LogP contribution in [0.2, 0.25) is 0 Å². The maximum absolute atomic E-state index is 12.9. The molecule has 0 fully saturated rings. The first-order chi connectivity index (χ1) is 13.8. The van der Waals surface area contributed by atoms with Crippen LogP contribution in [0, 0.1) is 13.8 Å². The molecule has 0 radical (unpaired) electrons. The third-order valence-electron chi connectivity index (χ3n) is 4.83. The smallest absolute Gasteiger partial charge is 0.328 e. The zero-order valence-electron chi connectivity index (χ0n) is 17.3. The molecule has 2 aromatic rings. The molecule has 6 heteroatoms. The summed E-state index contributed by atoms with van der Waals surface area (Å²) in [7, 11) is 1.29. The summed E-state index contributed by atoms with van der Waals surface area (Å²) in [6, 6.07) is 13.6. The van der Waals surface area contributed by atoms with Gasteiger partial charge in [-0.15, -0.1) is 0 Å². The minimum Gasteiger partial charge on any atom is -0.467 e. The van der Waals surface area contributed by atoms with Gasteiger partial charge in [-0.05, 0) is 36.1 Å². The number of ether oxygens (including phenoxy) is 1. The number of benzene rings is 2. The van der Waals surface area contributed by atoms with Crippen LogP contribution >= 0.6 is 0 Å². The minimum absolute atomic E-state index is 0.314. The van der Waals surface area contributed by atoms with Gasteiger partial charge in [0.15, 0.2) is 0 Å². The Morgan fingerprint density at radius 3 is 2.03 bits per heavy atom. The highest BCUT2D eigenvalue weighted by atomic mass is 16.5. The Morgan fingerprint density at radius 1 is 0.862 bits per heavy atom. The number of hydrogen-bond donors (Lipinski definition) is 2. The van der Waals surface area contributed by atoms with Crippen molar-refractivity contribution in [2.75, 3.05) is 7.11 Å². The molecule has 2 aromatic carbocycles. The zero-order valence-corrected chi connectivity index (χ0v) is 17.3. The standard InChI is InChI=1S/C23H28N2O4/c1-15-9-8-10-16(2)19(15)14-21(23(28)29-4)25-22(27)20(24-17(3)26)13-18-11-6-5-7-12-18/h5-12,20-21H,13-14H2,1-4H3,(H,24,26)(H,25,27)/t20-,21+/m0/s1. The number of carbonyl (C=O) groups is 3. The lowest BCUT2D eigenvalue weighted by atomic mass is 9.96. The third-order valence-corrected chi connectivity index (χ3v) is 4.83. The van der Waals surface area contributed by atoms with Crippen molar-refractivity contribution >= 4 is 17.8 Å². The van der Waals surface area contributed by atoms with Crippen LogP contribution in [0.15, 0.2) is 48.5 Å². The van der Waals surface area contributed by atoms with Crippen molar-refractivity contribution in [1.29, 1.82) is 0 Å². The van der Waals surface area contributed by atoms with Gasteiger partial charge in [0.25, 0.3) is 0 Å². The van der Waals surface area contributed by atoms with Gasteiger partial charge in [0.2, 0.25) is 11.8 Å². The molecule has 2 atom stereocenters. The van der Waals surface area contributed by atoms with Gasteiger partial charge in [0.1, 0.15) is 12.1 Å². The average Bonchev–Trinajstić information content (AvgIpc) is 2.69. The minimum atomic E-state index is -0.848. The van der Waals surface area contributed by atoms with Crippen LogP contribution in [0.25, 0.3) is 0 Å². The van der Waals surface area contributed by atoms with Gasteiger partial charge >= 0.3 is 5.97 Å². The first-order valence-corrected chi connectivity index (χ1v) is 9.56. The van der Waals surface area contributed by atoms with Gasteiger partial charge in [0.05, 0.1) is 7.11 Å². The molecule has 0 aliphatic carbocycles. The second-order valence-corrected chi connectivity index (χ2v) is 7.10. The van der Waals surface area contributed by atoms with E-state index >= 15 is 0 Å². The summed E-state index contributed by atoms with van der Waals surface area (Å²) in [6.07, 6.45) is 0.637. The van der Waals surface area contributed by atoms with E-state index in [2.05, 4.69) is 10.6 Å². The summed E-state index contributed by atoms with van der Waals surface area (Å²) in [5.74, 6) is -1.27.